The van der Waals surface area contributed by atoms with Gasteiger partial charge in [-0.1, -0.05) is 11.6 Å². The summed E-state index contributed by atoms with van der Waals surface area (Å²) in [6.07, 6.45) is 0. The van der Waals surface area contributed by atoms with Crippen LogP contribution in [0.4, 0.5) is 0 Å². The van der Waals surface area contributed by atoms with Crippen LogP contribution in [0.5, 0.6) is 11.5 Å². The Morgan fingerprint density at radius 1 is 1.09 bits per heavy atom. The number of rotatable bonds is 5. The molecule has 0 aliphatic rings. The normalized spacial score (nSPS) is 12.1. The van der Waals surface area contributed by atoms with E-state index in [1.54, 1.807) is 12.1 Å². The van der Waals surface area contributed by atoms with E-state index in [2.05, 4.69) is 15.4 Å². The lowest BCUT2D eigenvalue weighted by Crippen LogP contribution is -2.23. The van der Waals surface area contributed by atoms with Crippen molar-refractivity contribution in [1.82, 2.24) is 20.2 Å². The summed E-state index contributed by atoms with van der Waals surface area (Å²) in [7, 11) is 0. The van der Waals surface area contributed by atoms with Crippen molar-refractivity contribution in [3.8, 4) is 22.9 Å². The van der Waals surface area contributed by atoms with Crippen LogP contribution >= 0.6 is 11.6 Å². The zero-order valence-electron chi connectivity index (χ0n) is 12.6. The van der Waals surface area contributed by atoms with Crippen molar-refractivity contribution in [2.45, 2.75) is 19.5 Å². The molecule has 2 N–H and O–H groups in total. The van der Waals surface area contributed by atoms with Crippen LogP contribution in [0.3, 0.4) is 0 Å². The predicted molar refractivity (Wildman–Crippen MR) is 88.4 cm³/mol. The molecule has 6 nitrogen and oxygen atoms in total. The summed E-state index contributed by atoms with van der Waals surface area (Å²) in [6, 6.07) is 14.7. The van der Waals surface area contributed by atoms with Gasteiger partial charge in [0.2, 0.25) is 5.82 Å². The Balaban J connectivity index is 1.71. The van der Waals surface area contributed by atoms with Crippen LogP contribution in [-0.2, 0) is 6.54 Å². The van der Waals surface area contributed by atoms with Gasteiger partial charge in [-0.15, -0.1) is 10.2 Å². The highest BCUT2D eigenvalue weighted by Gasteiger charge is 2.07. The van der Waals surface area contributed by atoms with Gasteiger partial charge in [-0.05, 0) is 60.7 Å². The minimum Gasteiger partial charge on any atom is -0.457 e. The van der Waals surface area contributed by atoms with Crippen molar-refractivity contribution in [2.24, 2.45) is 5.73 Å². The summed E-state index contributed by atoms with van der Waals surface area (Å²) in [4.78, 5) is 1.50. The van der Waals surface area contributed by atoms with Crippen LogP contribution < -0.4 is 10.5 Å². The third-order valence-electron chi connectivity index (χ3n) is 3.07. The van der Waals surface area contributed by atoms with E-state index in [1.165, 1.54) is 4.80 Å². The summed E-state index contributed by atoms with van der Waals surface area (Å²) < 4.78 is 5.75. The average molecular weight is 330 g/mol. The van der Waals surface area contributed by atoms with E-state index in [-0.39, 0.29) is 6.04 Å². The summed E-state index contributed by atoms with van der Waals surface area (Å²) in [6.45, 7) is 2.43. The van der Waals surface area contributed by atoms with Crippen molar-refractivity contribution in [1.29, 1.82) is 0 Å². The maximum Gasteiger partial charge on any atom is 0.204 e. The highest BCUT2D eigenvalue weighted by atomic mass is 35.5. The Kier molecular flexibility index (Phi) is 4.55. The first kappa shape index (κ1) is 15.5. The molecule has 2 aromatic carbocycles. The van der Waals surface area contributed by atoms with Gasteiger partial charge < -0.3 is 10.5 Å². The Labute approximate surface area is 138 Å². The number of nitrogens with zero attached hydrogens (tertiary/aromatic N) is 4. The number of hydrogen-bond acceptors (Lipinski definition) is 5. The van der Waals surface area contributed by atoms with E-state index < -0.39 is 0 Å². The summed E-state index contributed by atoms with van der Waals surface area (Å²) >= 11 is 5.85. The Morgan fingerprint density at radius 2 is 1.70 bits per heavy atom. The largest absolute Gasteiger partial charge is 0.457 e. The van der Waals surface area contributed by atoms with Crippen molar-refractivity contribution in [3.63, 3.8) is 0 Å². The average Bonchev–Trinajstić information content (AvgIpc) is 2.98. The molecule has 23 heavy (non-hydrogen) atoms. The van der Waals surface area contributed by atoms with Crippen molar-refractivity contribution in [2.75, 3.05) is 0 Å². The number of aromatic nitrogens is 4. The van der Waals surface area contributed by atoms with Crippen LogP contribution in [0.25, 0.3) is 11.4 Å². The first-order valence-corrected chi connectivity index (χ1v) is 7.55. The summed E-state index contributed by atoms with van der Waals surface area (Å²) in [5.74, 6) is 2.01. The first-order valence-electron chi connectivity index (χ1n) is 7.17. The minimum absolute atomic E-state index is 0.0211. The molecule has 7 heteroatoms. The fourth-order valence-corrected chi connectivity index (χ4v) is 2.13. The smallest absolute Gasteiger partial charge is 0.204 e. The van der Waals surface area contributed by atoms with Crippen molar-refractivity contribution >= 4 is 11.6 Å². The van der Waals surface area contributed by atoms with Crippen LogP contribution in [0, 0.1) is 0 Å². The quantitative estimate of drug-likeness (QED) is 0.778. The van der Waals surface area contributed by atoms with Gasteiger partial charge in [-0.25, -0.2) is 0 Å². The molecular formula is C16H16ClN5O. The highest BCUT2D eigenvalue weighted by molar-refractivity contribution is 6.30. The number of tetrazole rings is 1. The number of hydrogen-bond donors (Lipinski definition) is 1. The Hall–Kier alpha value is -2.44. The van der Waals surface area contributed by atoms with Gasteiger partial charge in [0.25, 0.3) is 0 Å². The minimum atomic E-state index is -0.0211. The van der Waals surface area contributed by atoms with Gasteiger partial charge in [0, 0.05) is 16.6 Å². The van der Waals surface area contributed by atoms with Crippen LogP contribution in [0.1, 0.15) is 6.92 Å². The van der Waals surface area contributed by atoms with Crippen molar-refractivity contribution in [3.05, 3.63) is 53.6 Å². The number of benzene rings is 2. The summed E-state index contributed by atoms with van der Waals surface area (Å²) in [5.41, 5.74) is 6.59. The fraction of sp³-hybridized carbons (Fsp3) is 0.188. The molecule has 0 spiro atoms. The molecule has 0 unspecified atom stereocenters. The fourth-order valence-electron chi connectivity index (χ4n) is 2.00. The van der Waals surface area contributed by atoms with E-state index in [0.717, 1.165) is 17.1 Å². The topological polar surface area (TPSA) is 78.9 Å². The molecule has 3 rings (SSSR count). The SMILES string of the molecule is C[C@@H](N)Cn1nnc(-c2ccc(Oc3ccc(Cl)cc3)cc2)n1. The second-order valence-electron chi connectivity index (χ2n) is 5.23. The second-order valence-corrected chi connectivity index (χ2v) is 5.66. The van der Waals surface area contributed by atoms with Gasteiger partial charge in [-0.2, -0.15) is 4.80 Å². The maximum absolute atomic E-state index is 5.85. The molecule has 3 aromatic rings. The van der Waals surface area contributed by atoms with E-state index in [9.17, 15) is 0 Å². The Bertz CT molecular complexity index is 768. The monoisotopic (exact) mass is 329 g/mol. The van der Waals surface area contributed by atoms with E-state index in [0.29, 0.717) is 17.4 Å². The third-order valence-corrected chi connectivity index (χ3v) is 3.32. The van der Waals surface area contributed by atoms with Gasteiger partial charge >= 0.3 is 0 Å². The molecule has 0 aliphatic carbocycles. The molecule has 0 bridgehead atoms. The number of halogens is 1. The molecule has 0 saturated carbocycles. The molecule has 0 amide bonds. The van der Waals surface area contributed by atoms with E-state index in [4.69, 9.17) is 22.1 Å². The molecule has 1 heterocycles. The highest BCUT2D eigenvalue weighted by Crippen LogP contribution is 2.25. The molecular weight excluding hydrogens is 314 g/mol. The van der Waals surface area contributed by atoms with Gasteiger partial charge in [0.05, 0.1) is 6.54 Å². The lowest BCUT2D eigenvalue weighted by molar-refractivity contribution is 0.472. The van der Waals surface area contributed by atoms with Crippen LogP contribution in [0.15, 0.2) is 48.5 Å². The number of nitrogens with two attached hydrogens (primary N) is 1. The lowest BCUT2D eigenvalue weighted by Gasteiger charge is -2.06. The third kappa shape index (κ3) is 4.06. The van der Waals surface area contributed by atoms with Crippen LogP contribution in [0.2, 0.25) is 5.02 Å². The Morgan fingerprint density at radius 3 is 2.30 bits per heavy atom. The lowest BCUT2D eigenvalue weighted by atomic mass is 10.2. The second kappa shape index (κ2) is 6.76. The standard InChI is InChI=1S/C16H16ClN5O/c1-11(18)10-22-20-16(19-21-22)12-2-6-14(7-3-12)23-15-8-4-13(17)5-9-15/h2-9,11H,10,18H2,1H3/t11-/m1/s1. The van der Waals surface area contributed by atoms with Crippen LogP contribution in [-0.4, -0.2) is 26.2 Å². The van der Waals surface area contributed by atoms with E-state index >= 15 is 0 Å². The zero-order valence-corrected chi connectivity index (χ0v) is 13.3. The molecule has 0 saturated heterocycles. The molecule has 1 atom stereocenters. The predicted octanol–water partition coefficient (Wildman–Crippen LogP) is 3.13. The molecule has 0 radical (unpaired) electrons. The molecule has 0 aliphatic heterocycles. The summed E-state index contributed by atoms with van der Waals surface area (Å²) in [5, 5.41) is 13.0. The molecule has 0 fully saturated rings. The first-order chi connectivity index (χ1) is 11.1. The van der Waals surface area contributed by atoms with Gasteiger partial charge in [0.1, 0.15) is 11.5 Å². The number of ether oxygens (including phenoxy) is 1. The van der Waals surface area contributed by atoms with Gasteiger partial charge in [-0.3, -0.25) is 0 Å². The van der Waals surface area contributed by atoms with Crippen molar-refractivity contribution < 1.29 is 4.74 Å². The van der Waals surface area contributed by atoms with Gasteiger partial charge in [0.15, 0.2) is 0 Å². The maximum atomic E-state index is 5.85. The zero-order chi connectivity index (χ0) is 16.2. The van der Waals surface area contributed by atoms with E-state index in [1.807, 2.05) is 43.3 Å². The molecule has 1 aromatic heterocycles. The molecule has 118 valence electrons.